The van der Waals surface area contributed by atoms with E-state index in [1.165, 1.54) is 42.1 Å². The Balaban J connectivity index is 1.35. The van der Waals surface area contributed by atoms with Gasteiger partial charge in [0, 0.05) is 48.1 Å². The van der Waals surface area contributed by atoms with E-state index in [1.807, 2.05) is 23.2 Å². The van der Waals surface area contributed by atoms with Crippen molar-refractivity contribution in [1.82, 2.24) is 20.0 Å². The molecule has 27 heavy (non-hydrogen) atoms. The first-order valence-corrected chi connectivity index (χ1v) is 11.1. The molecule has 2 aliphatic heterocycles. The number of nitrogens with one attached hydrogen (secondary N) is 1. The summed E-state index contributed by atoms with van der Waals surface area (Å²) in [6.45, 7) is 5.03. The van der Waals surface area contributed by atoms with E-state index >= 15 is 0 Å². The second-order valence-electron chi connectivity index (χ2n) is 7.68. The van der Waals surface area contributed by atoms with Crippen LogP contribution in [0.3, 0.4) is 0 Å². The van der Waals surface area contributed by atoms with Gasteiger partial charge in [-0.3, -0.25) is 14.8 Å². The number of aromatic nitrogens is 2. The molecule has 4 rings (SSSR count). The van der Waals surface area contributed by atoms with Crippen molar-refractivity contribution < 1.29 is 4.79 Å². The maximum absolute atomic E-state index is 12.7. The minimum Gasteiger partial charge on any atom is -0.342 e. The molecule has 4 heterocycles. The Morgan fingerprint density at radius 1 is 1.26 bits per heavy atom. The molecule has 0 aromatic carbocycles. The van der Waals surface area contributed by atoms with Gasteiger partial charge >= 0.3 is 0 Å². The number of nitrogens with zero attached hydrogens (tertiary/aromatic N) is 3. The van der Waals surface area contributed by atoms with Gasteiger partial charge in [-0.1, -0.05) is 11.6 Å². The lowest BCUT2D eigenvalue weighted by molar-refractivity contribution is -0.132. The van der Waals surface area contributed by atoms with E-state index in [9.17, 15) is 4.79 Å². The molecule has 2 saturated heterocycles. The van der Waals surface area contributed by atoms with Crippen molar-refractivity contribution in [1.29, 1.82) is 0 Å². The van der Waals surface area contributed by atoms with Crippen LogP contribution in [0, 0.1) is 0 Å². The molecule has 7 heteroatoms. The lowest BCUT2D eigenvalue weighted by Crippen LogP contribution is -2.39. The van der Waals surface area contributed by atoms with Crippen LogP contribution in [0.5, 0.6) is 0 Å². The first-order chi connectivity index (χ1) is 13.2. The van der Waals surface area contributed by atoms with Crippen LogP contribution in [0.1, 0.15) is 54.2 Å². The highest BCUT2D eigenvalue weighted by Crippen LogP contribution is 2.30. The van der Waals surface area contributed by atoms with Crippen molar-refractivity contribution in [2.75, 3.05) is 26.2 Å². The SMILES string of the molecule is O=C(CCc1ccc(Cl)s1)N1CCCC(c2[nH]ncc2CN2CCCC2)C1. The summed E-state index contributed by atoms with van der Waals surface area (Å²) >= 11 is 7.56. The first kappa shape index (κ1) is 19.0. The Bertz CT molecular complexity index is 768. The van der Waals surface area contributed by atoms with Gasteiger partial charge in [0.05, 0.1) is 10.5 Å². The van der Waals surface area contributed by atoms with Crippen molar-refractivity contribution in [3.05, 3.63) is 38.8 Å². The van der Waals surface area contributed by atoms with Crippen molar-refractivity contribution in [2.24, 2.45) is 0 Å². The van der Waals surface area contributed by atoms with E-state index < -0.39 is 0 Å². The highest BCUT2D eigenvalue weighted by atomic mass is 35.5. The van der Waals surface area contributed by atoms with Crippen LogP contribution in [-0.4, -0.2) is 52.1 Å². The van der Waals surface area contributed by atoms with Crippen LogP contribution in [0.15, 0.2) is 18.3 Å². The molecule has 0 saturated carbocycles. The molecule has 0 aliphatic carbocycles. The van der Waals surface area contributed by atoms with E-state index in [0.717, 1.165) is 43.2 Å². The zero-order chi connectivity index (χ0) is 18.6. The third kappa shape index (κ3) is 4.73. The Morgan fingerprint density at radius 2 is 2.11 bits per heavy atom. The summed E-state index contributed by atoms with van der Waals surface area (Å²) in [6.07, 6.45) is 8.11. The van der Waals surface area contributed by atoms with Gasteiger partial charge in [-0.05, 0) is 57.3 Å². The van der Waals surface area contributed by atoms with Crippen molar-refractivity contribution >= 4 is 28.8 Å². The lowest BCUT2D eigenvalue weighted by atomic mass is 9.92. The smallest absolute Gasteiger partial charge is 0.222 e. The molecule has 1 atom stereocenters. The monoisotopic (exact) mass is 406 g/mol. The fourth-order valence-corrected chi connectivity index (χ4v) is 5.38. The molecule has 5 nitrogen and oxygen atoms in total. The van der Waals surface area contributed by atoms with E-state index in [4.69, 9.17) is 11.6 Å². The zero-order valence-corrected chi connectivity index (χ0v) is 17.2. The highest BCUT2D eigenvalue weighted by molar-refractivity contribution is 7.16. The van der Waals surface area contributed by atoms with E-state index in [-0.39, 0.29) is 5.91 Å². The van der Waals surface area contributed by atoms with Crippen LogP contribution in [0.25, 0.3) is 0 Å². The van der Waals surface area contributed by atoms with Crippen molar-refractivity contribution in [2.45, 2.75) is 51.0 Å². The molecule has 146 valence electrons. The average molecular weight is 407 g/mol. The van der Waals surface area contributed by atoms with Gasteiger partial charge in [0.1, 0.15) is 0 Å². The van der Waals surface area contributed by atoms with E-state index in [0.29, 0.717) is 12.3 Å². The van der Waals surface area contributed by atoms with Gasteiger partial charge in [-0.2, -0.15) is 5.10 Å². The molecule has 1 unspecified atom stereocenters. The Morgan fingerprint density at radius 3 is 2.89 bits per heavy atom. The summed E-state index contributed by atoms with van der Waals surface area (Å²) in [5.74, 6) is 0.629. The standard InChI is InChI=1S/C20H27ClN4OS/c21-18-7-5-17(27-18)6-8-19(26)25-11-3-4-15(14-25)20-16(12-22-23-20)13-24-9-1-2-10-24/h5,7,12,15H,1-4,6,8-11,13-14H2,(H,22,23). The number of aryl methyl sites for hydroxylation is 1. The number of amides is 1. The fraction of sp³-hybridized carbons (Fsp3) is 0.600. The van der Waals surface area contributed by atoms with Gasteiger partial charge in [0.15, 0.2) is 0 Å². The number of carbonyl (C=O) groups is 1. The van der Waals surface area contributed by atoms with Gasteiger partial charge in [-0.25, -0.2) is 0 Å². The van der Waals surface area contributed by atoms with Crippen LogP contribution in [-0.2, 0) is 17.8 Å². The highest BCUT2D eigenvalue weighted by Gasteiger charge is 2.28. The summed E-state index contributed by atoms with van der Waals surface area (Å²) < 4.78 is 0.792. The molecule has 0 bridgehead atoms. The second kappa shape index (κ2) is 8.76. The quantitative estimate of drug-likeness (QED) is 0.787. The number of halogens is 1. The number of H-pyrrole nitrogens is 1. The van der Waals surface area contributed by atoms with E-state index in [2.05, 4.69) is 15.1 Å². The molecule has 2 fully saturated rings. The first-order valence-electron chi connectivity index (χ1n) is 9.95. The Hall–Kier alpha value is -1.37. The Labute approximate surface area is 169 Å². The molecule has 0 radical (unpaired) electrons. The Kier molecular flexibility index (Phi) is 6.15. The molecule has 1 amide bonds. The van der Waals surface area contributed by atoms with Crippen LogP contribution in [0.4, 0.5) is 0 Å². The molecule has 1 N–H and O–H groups in total. The topological polar surface area (TPSA) is 52.2 Å². The maximum Gasteiger partial charge on any atom is 0.222 e. The second-order valence-corrected chi connectivity index (χ2v) is 9.48. The molecule has 2 aliphatic rings. The van der Waals surface area contributed by atoms with Crippen LogP contribution < -0.4 is 0 Å². The number of hydrogen-bond donors (Lipinski definition) is 1. The molecule has 2 aromatic heterocycles. The number of piperidine rings is 1. The maximum atomic E-state index is 12.7. The zero-order valence-electron chi connectivity index (χ0n) is 15.6. The van der Waals surface area contributed by atoms with Gasteiger partial charge in [-0.15, -0.1) is 11.3 Å². The summed E-state index contributed by atoms with van der Waals surface area (Å²) in [6, 6.07) is 3.93. The number of carbonyl (C=O) groups excluding carboxylic acids is 1. The van der Waals surface area contributed by atoms with Gasteiger partial charge < -0.3 is 4.90 Å². The number of hydrogen-bond acceptors (Lipinski definition) is 4. The number of thiophene rings is 1. The number of aromatic amines is 1. The third-order valence-electron chi connectivity index (χ3n) is 5.74. The molecule has 0 spiro atoms. The summed E-state index contributed by atoms with van der Waals surface area (Å²) in [4.78, 5) is 18.5. The predicted molar refractivity (Wildman–Crippen MR) is 109 cm³/mol. The normalized spacial score (nSPS) is 21.1. The minimum atomic E-state index is 0.254. The largest absolute Gasteiger partial charge is 0.342 e. The number of likely N-dealkylation sites (tertiary alicyclic amines) is 2. The summed E-state index contributed by atoms with van der Waals surface area (Å²) in [5.41, 5.74) is 2.55. The average Bonchev–Trinajstić information content (AvgIpc) is 3.43. The van der Waals surface area contributed by atoms with Crippen molar-refractivity contribution in [3.8, 4) is 0 Å². The molecule has 2 aromatic rings. The van der Waals surface area contributed by atoms with Gasteiger partial charge in [0.25, 0.3) is 0 Å². The summed E-state index contributed by atoms with van der Waals surface area (Å²) in [7, 11) is 0. The van der Waals surface area contributed by atoms with Gasteiger partial charge in [0.2, 0.25) is 5.91 Å². The van der Waals surface area contributed by atoms with Crippen molar-refractivity contribution in [3.63, 3.8) is 0 Å². The van der Waals surface area contributed by atoms with Crippen LogP contribution in [0.2, 0.25) is 4.34 Å². The fourth-order valence-electron chi connectivity index (χ4n) is 4.30. The summed E-state index contributed by atoms with van der Waals surface area (Å²) in [5, 5.41) is 7.56. The molecular formula is C20H27ClN4OS. The minimum absolute atomic E-state index is 0.254. The molecular weight excluding hydrogens is 380 g/mol. The predicted octanol–water partition coefficient (Wildman–Crippen LogP) is 4.06. The number of rotatable bonds is 6. The third-order valence-corrected chi connectivity index (χ3v) is 7.03. The van der Waals surface area contributed by atoms with E-state index in [1.54, 1.807) is 11.3 Å². The lowest BCUT2D eigenvalue weighted by Gasteiger charge is -2.33. The van der Waals surface area contributed by atoms with Crippen LogP contribution >= 0.6 is 22.9 Å².